The maximum absolute atomic E-state index is 6.76. The van der Waals surface area contributed by atoms with E-state index in [1.165, 1.54) is 11.1 Å². The molecule has 0 bridgehead atoms. The van der Waals surface area contributed by atoms with Gasteiger partial charge in [-0.3, -0.25) is 4.57 Å². The first-order valence-electron chi connectivity index (χ1n) is 6.44. The van der Waals surface area contributed by atoms with Gasteiger partial charge in [0.15, 0.2) is 0 Å². The molecule has 1 fully saturated rings. The van der Waals surface area contributed by atoms with Crippen LogP contribution in [0.15, 0.2) is 36.4 Å². The second-order valence-electron chi connectivity index (χ2n) is 5.08. The van der Waals surface area contributed by atoms with Crippen molar-refractivity contribution in [2.45, 2.75) is 31.5 Å². The molecule has 0 radical (unpaired) electrons. The lowest BCUT2D eigenvalue weighted by Crippen LogP contribution is -2.43. The van der Waals surface area contributed by atoms with E-state index in [-0.39, 0.29) is 6.10 Å². The van der Waals surface area contributed by atoms with Crippen molar-refractivity contribution in [1.29, 1.82) is 0 Å². The summed E-state index contributed by atoms with van der Waals surface area (Å²) in [6.07, 6.45) is 5.43. The molecule has 0 aromatic heterocycles. The van der Waals surface area contributed by atoms with Gasteiger partial charge in [-0.1, -0.05) is 36.4 Å². The van der Waals surface area contributed by atoms with Crippen molar-refractivity contribution in [2.75, 3.05) is 7.05 Å². The Morgan fingerprint density at radius 2 is 2.28 bits per heavy atom. The third kappa shape index (κ3) is 1.77. The average Bonchev–Trinajstić information content (AvgIpc) is 2.83. The number of hydrogen-bond acceptors (Lipinski definition) is 2. The van der Waals surface area contributed by atoms with Crippen molar-refractivity contribution >= 4 is 18.9 Å². The number of allylic oxidation sites excluding steroid dienone is 2. The van der Waals surface area contributed by atoms with Crippen molar-refractivity contribution in [2.24, 2.45) is 0 Å². The molecule has 18 heavy (non-hydrogen) atoms. The molecular formula is C14H18ClNOSi. The Balaban J connectivity index is 1.91. The van der Waals surface area contributed by atoms with E-state index in [0.29, 0.717) is 6.04 Å². The molecule has 1 aromatic rings. The quantitative estimate of drug-likeness (QED) is 0.468. The van der Waals surface area contributed by atoms with Gasteiger partial charge in [0, 0.05) is 6.04 Å². The van der Waals surface area contributed by atoms with Gasteiger partial charge in [0.25, 0.3) is 0 Å². The molecule has 0 amide bonds. The minimum Gasteiger partial charge on any atom is -0.386 e. The van der Waals surface area contributed by atoms with Gasteiger partial charge in [-0.15, -0.1) is 11.1 Å². The van der Waals surface area contributed by atoms with Crippen LogP contribution in [0.2, 0.25) is 6.04 Å². The van der Waals surface area contributed by atoms with Gasteiger partial charge in [-0.25, -0.2) is 0 Å². The molecule has 1 heterocycles. The number of rotatable bonds is 2. The molecule has 1 aliphatic carbocycles. The number of hydrogen-bond donors (Lipinski definition) is 0. The molecule has 2 unspecified atom stereocenters. The summed E-state index contributed by atoms with van der Waals surface area (Å²) in [4.78, 5) is 0. The molecule has 0 saturated carbocycles. The first-order chi connectivity index (χ1) is 8.65. The van der Waals surface area contributed by atoms with Crippen LogP contribution < -0.4 is 0 Å². The van der Waals surface area contributed by atoms with E-state index in [4.69, 9.17) is 15.5 Å². The van der Waals surface area contributed by atoms with Crippen LogP contribution in [0.1, 0.15) is 24.1 Å². The topological polar surface area (TPSA) is 12.5 Å². The van der Waals surface area contributed by atoms with Gasteiger partial charge in [0.1, 0.15) is 0 Å². The summed E-state index contributed by atoms with van der Waals surface area (Å²) in [6.45, 7) is 2.03. The molecule has 4 heteroatoms. The highest BCUT2D eigenvalue weighted by Gasteiger charge is 2.55. The Morgan fingerprint density at radius 3 is 3.06 bits per heavy atom. The number of fused-ring (bicyclic) bond motifs is 3. The predicted octanol–water partition coefficient (Wildman–Crippen LogP) is 3.37. The normalized spacial score (nSPS) is 35.1. The lowest BCUT2D eigenvalue weighted by Gasteiger charge is -2.27. The fourth-order valence-electron chi connectivity index (χ4n) is 3.08. The van der Waals surface area contributed by atoms with Crippen LogP contribution in [-0.2, 0) is 10.8 Å². The van der Waals surface area contributed by atoms with Crippen molar-refractivity contribution in [1.82, 2.24) is 4.57 Å². The van der Waals surface area contributed by atoms with E-state index >= 15 is 0 Å². The second kappa shape index (κ2) is 4.49. The fraction of sp³-hybridized carbons (Fsp3) is 0.429. The summed E-state index contributed by atoms with van der Waals surface area (Å²) in [6, 6.07) is 9.84. The van der Waals surface area contributed by atoms with Gasteiger partial charge in [-0.05, 0) is 31.5 Å². The minimum atomic E-state index is -2.26. The Hall–Kier alpha value is -0.613. The summed E-state index contributed by atoms with van der Waals surface area (Å²) < 4.78 is 8.56. The highest BCUT2D eigenvalue weighted by molar-refractivity contribution is 7.15. The van der Waals surface area contributed by atoms with E-state index in [1.807, 2.05) is 6.92 Å². The number of halogens is 1. The molecule has 3 atom stereocenters. The maximum Gasteiger partial charge on any atom is 0.378 e. The Kier molecular flexibility index (Phi) is 3.10. The van der Waals surface area contributed by atoms with Gasteiger partial charge in [0.05, 0.1) is 12.1 Å². The standard InChI is InChI=1S/C14H18ClNOSi/c1-3-4-9-18(15)16(2)14-12-8-6-5-7-11(12)10-13(14)17-18/h3-8,13-14H,9-10H2,1-2H3/b4-3-/t13-,14?,18?/m1/s1. The van der Waals surface area contributed by atoms with E-state index in [1.54, 1.807) is 0 Å². The zero-order chi connectivity index (χ0) is 12.8. The maximum atomic E-state index is 6.76. The largest absolute Gasteiger partial charge is 0.386 e. The molecule has 0 spiro atoms. The fourth-order valence-corrected chi connectivity index (χ4v) is 6.48. The van der Waals surface area contributed by atoms with Gasteiger partial charge >= 0.3 is 7.79 Å². The second-order valence-corrected chi connectivity index (χ2v) is 9.58. The molecule has 0 N–H and O–H groups in total. The van der Waals surface area contributed by atoms with Crippen molar-refractivity contribution in [3.05, 3.63) is 47.5 Å². The van der Waals surface area contributed by atoms with Crippen LogP contribution in [0.25, 0.3) is 0 Å². The monoisotopic (exact) mass is 279 g/mol. The van der Waals surface area contributed by atoms with Crippen LogP contribution >= 0.6 is 11.1 Å². The smallest absolute Gasteiger partial charge is 0.378 e. The zero-order valence-corrected chi connectivity index (χ0v) is 12.5. The van der Waals surface area contributed by atoms with E-state index in [0.717, 1.165) is 12.5 Å². The highest BCUT2D eigenvalue weighted by Crippen LogP contribution is 2.47. The van der Waals surface area contributed by atoms with Crippen LogP contribution in [0.4, 0.5) is 0 Å². The minimum absolute atomic E-state index is 0.252. The molecule has 2 nitrogen and oxygen atoms in total. The lowest BCUT2D eigenvalue weighted by molar-refractivity contribution is 0.212. The predicted molar refractivity (Wildman–Crippen MR) is 76.8 cm³/mol. The third-order valence-corrected chi connectivity index (χ3v) is 8.29. The molecule has 1 aliphatic heterocycles. The number of likely N-dealkylation sites (N-methyl/N-ethyl adjacent to an activating group) is 1. The third-order valence-electron chi connectivity index (χ3n) is 4.03. The van der Waals surface area contributed by atoms with Crippen LogP contribution in [-0.4, -0.2) is 25.5 Å². The first kappa shape index (κ1) is 12.4. The average molecular weight is 280 g/mol. The molecule has 1 aromatic carbocycles. The molecule has 96 valence electrons. The Labute approximate surface area is 114 Å². The molecule has 1 saturated heterocycles. The first-order valence-corrected chi connectivity index (χ1v) is 9.52. The van der Waals surface area contributed by atoms with Crippen molar-refractivity contribution in [3.63, 3.8) is 0 Å². The van der Waals surface area contributed by atoms with Gasteiger partial charge < -0.3 is 4.43 Å². The molecule has 3 rings (SSSR count). The summed E-state index contributed by atoms with van der Waals surface area (Å²) in [5.41, 5.74) is 2.82. The van der Waals surface area contributed by atoms with Crippen molar-refractivity contribution < 1.29 is 4.43 Å². The number of nitrogens with zero attached hydrogens (tertiary/aromatic N) is 1. The molecule has 2 aliphatic rings. The highest BCUT2D eigenvalue weighted by atomic mass is 35.6. The molecular weight excluding hydrogens is 262 g/mol. The van der Waals surface area contributed by atoms with E-state index in [9.17, 15) is 0 Å². The summed E-state index contributed by atoms with van der Waals surface area (Å²) in [5, 5.41) is 0. The van der Waals surface area contributed by atoms with Crippen LogP contribution in [0.3, 0.4) is 0 Å². The summed E-state index contributed by atoms with van der Waals surface area (Å²) >= 11 is 6.76. The van der Waals surface area contributed by atoms with Crippen LogP contribution in [0, 0.1) is 0 Å². The van der Waals surface area contributed by atoms with E-state index < -0.39 is 7.79 Å². The lowest BCUT2D eigenvalue weighted by atomic mass is 10.1. The van der Waals surface area contributed by atoms with E-state index in [2.05, 4.69) is 48.0 Å². The zero-order valence-electron chi connectivity index (χ0n) is 10.8. The van der Waals surface area contributed by atoms with Gasteiger partial charge in [-0.2, -0.15) is 0 Å². The summed E-state index contributed by atoms with van der Waals surface area (Å²) in [7, 11) is -0.136. The van der Waals surface area contributed by atoms with Crippen LogP contribution in [0.5, 0.6) is 0 Å². The SMILES string of the molecule is C/C=C\C[Si]1(Cl)O[C@@H]2Cc3ccccc3C2N1C. The van der Waals surface area contributed by atoms with Gasteiger partial charge in [0.2, 0.25) is 0 Å². The summed E-state index contributed by atoms with van der Waals surface area (Å²) in [5.74, 6) is 0. The Morgan fingerprint density at radius 1 is 1.50 bits per heavy atom. The Bertz CT molecular complexity index is 492. The van der Waals surface area contributed by atoms with Crippen molar-refractivity contribution in [3.8, 4) is 0 Å². The number of benzene rings is 1.